The van der Waals surface area contributed by atoms with E-state index in [0.717, 1.165) is 16.8 Å². The van der Waals surface area contributed by atoms with Gasteiger partial charge in [-0.1, -0.05) is 18.2 Å². The molecule has 1 atom stereocenters. The van der Waals surface area contributed by atoms with Crippen LogP contribution in [0.5, 0.6) is 0 Å². The minimum Gasteiger partial charge on any atom is -0.299 e. The van der Waals surface area contributed by atoms with Crippen LogP contribution in [0, 0.1) is 0 Å². The van der Waals surface area contributed by atoms with E-state index in [0.29, 0.717) is 12.8 Å². The number of piperidine rings is 1. The molecular formula is C18H20N2O3. The Kier molecular flexibility index (Phi) is 3.59. The highest BCUT2D eigenvalue weighted by atomic mass is 16.2. The van der Waals surface area contributed by atoms with Gasteiger partial charge < -0.3 is 0 Å². The molecule has 1 unspecified atom stereocenters. The lowest BCUT2D eigenvalue weighted by Gasteiger charge is -2.31. The first-order valence-corrected chi connectivity index (χ1v) is 7.78. The van der Waals surface area contributed by atoms with Crippen LogP contribution in [0.1, 0.15) is 37.8 Å². The van der Waals surface area contributed by atoms with Crippen LogP contribution in [0.15, 0.2) is 30.9 Å². The average molecular weight is 312 g/mol. The standard InChI is InChI=1S/C18H20N2O3/c1-4-5-11-6-7-12-14(10-11)20(17(23)18(12,2)3)13-8-9-15(21)19-16(13)22/h4,6-7,10,13H,1,5,8-9H2,2-3H3,(H,19,21,22). The summed E-state index contributed by atoms with van der Waals surface area (Å²) >= 11 is 0. The Bertz CT molecular complexity index is 721. The Balaban J connectivity index is 2.07. The van der Waals surface area contributed by atoms with Crippen LogP contribution in [-0.2, 0) is 26.2 Å². The molecule has 5 nitrogen and oxygen atoms in total. The van der Waals surface area contributed by atoms with E-state index in [1.807, 2.05) is 32.0 Å². The number of nitrogens with one attached hydrogen (secondary N) is 1. The van der Waals surface area contributed by atoms with Crippen molar-refractivity contribution in [2.24, 2.45) is 0 Å². The molecule has 1 aromatic rings. The molecule has 120 valence electrons. The number of amides is 3. The van der Waals surface area contributed by atoms with E-state index in [1.54, 1.807) is 11.0 Å². The van der Waals surface area contributed by atoms with Gasteiger partial charge in [0.2, 0.25) is 17.7 Å². The molecule has 2 heterocycles. The Morgan fingerprint density at radius 3 is 2.74 bits per heavy atom. The maximum Gasteiger partial charge on any atom is 0.249 e. The van der Waals surface area contributed by atoms with Crippen molar-refractivity contribution in [3.63, 3.8) is 0 Å². The number of allylic oxidation sites excluding steroid dienone is 1. The van der Waals surface area contributed by atoms with Crippen molar-refractivity contribution in [3.05, 3.63) is 42.0 Å². The predicted molar refractivity (Wildman–Crippen MR) is 87.0 cm³/mol. The summed E-state index contributed by atoms with van der Waals surface area (Å²) in [7, 11) is 0. The zero-order chi connectivity index (χ0) is 16.8. The van der Waals surface area contributed by atoms with Gasteiger partial charge in [0.05, 0.1) is 5.41 Å². The number of fused-ring (bicyclic) bond motifs is 1. The van der Waals surface area contributed by atoms with Crippen LogP contribution >= 0.6 is 0 Å². The van der Waals surface area contributed by atoms with Gasteiger partial charge in [-0.15, -0.1) is 6.58 Å². The van der Waals surface area contributed by atoms with E-state index in [1.165, 1.54) is 0 Å². The number of benzene rings is 1. The Labute approximate surface area is 135 Å². The molecule has 0 saturated carbocycles. The smallest absolute Gasteiger partial charge is 0.249 e. The number of anilines is 1. The van der Waals surface area contributed by atoms with E-state index in [2.05, 4.69) is 11.9 Å². The molecule has 0 radical (unpaired) electrons. The fraction of sp³-hybridized carbons (Fsp3) is 0.389. The second kappa shape index (κ2) is 5.33. The lowest BCUT2D eigenvalue weighted by molar-refractivity contribution is -0.136. The SMILES string of the molecule is C=CCc1ccc2c(c1)N(C1CCC(=O)NC1=O)C(=O)C2(C)C. The van der Waals surface area contributed by atoms with Crippen LogP contribution in [0.3, 0.4) is 0 Å². The summed E-state index contributed by atoms with van der Waals surface area (Å²) in [6.45, 7) is 7.48. The molecule has 0 bridgehead atoms. The monoisotopic (exact) mass is 312 g/mol. The van der Waals surface area contributed by atoms with E-state index >= 15 is 0 Å². The third kappa shape index (κ3) is 2.36. The van der Waals surface area contributed by atoms with Gasteiger partial charge in [0.1, 0.15) is 6.04 Å². The highest BCUT2D eigenvalue weighted by Gasteiger charge is 2.48. The summed E-state index contributed by atoms with van der Waals surface area (Å²) in [5, 5.41) is 2.34. The minimum atomic E-state index is -0.677. The molecule has 1 saturated heterocycles. The summed E-state index contributed by atoms with van der Waals surface area (Å²) in [5.41, 5.74) is 2.06. The van der Waals surface area contributed by atoms with Crippen molar-refractivity contribution in [3.8, 4) is 0 Å². The van der Waals surface area contributed by atoms with Crippen molar-refractivity contribution in [1.82, 2.24) is 5.32 Å². The lowest BCUT2D eigenvalue weighted by Crippen LogP contribution is -2.55. The van der Waals surface area contributed by atoms with E-state index in [-0.39, 0.29) is 18.2 Å². The van der Waals surface area contributed by atoms with Gasteiger partial charge >= 0.3 is 0 Å². The number of rotatable bonds is 3. The number of carbonyl (C=O) groups excluding carboxylic acids is 3. The van der Waals surface area contributed by atoms with Gasteiger partial charge in [-0.3, -0.25) is 24.6 Å². The molecule has 1 N–H and O–H groups in total. The predicted octanol–water partition coefficient (Wildman–Crippen LogP) is 1.84. The lowest BCUT2D eigenvalue weighted by atomic mass is 9.85. The molecule has 1 aromatic carbocycles. The van der Waals surface area contributed by atoms with E-state index in [4.69, 9.17) is 0 Å². The van der Waals surface area contributed by atoms with Gasteiger partial charge in [-0.05, 0) is 43.9 Å². The third-order valence-corrected chi connectivity index (χ3v) is 4.65. The van der Waals surface area contributed by atoms with Crippen LogP contribution in [0.2, 0.25) is 0 Å². The molecule has 5 heteroatoms. The summed E-state index contributed by atoms with van der Waals surface area (Å²) in [6.07, 6.45) is 3.12. The topological polar surface area (TPSA) is 66.5 Å². The molecule has 1 fully saturated rings. The fourth-order valence-electron chi connectivity index (χ4n) is 3.36. The Morgan fingerprint density at radius 1 is 1.35 bits per heavy atom. The normalized spacial score (nSPS) is 22.8. The molecule has 3 amide bonds. The quantitative estimate of drug-likeness (QED) is 0.684. The number of nitrogens with zero attached hydrogens (tertiary/aromatic N) is 1. The molecule has 0 aromatic heterocycles. The molecular weight excluding hydrogens is 292 g/mol. The van der Waals surface area contributed by atoms with Gasteiger partial charge in [0, 0.05) is 12.1 Å². The van der Waals surface area contributed by atoms with Gasteiger partial charge in [-0.25, -0.2) is 0 Å². The molecule has 2 aliphatic rings. The van der Waals surface area contributed by atoms with Crippen molar-refractivity contribution >= 4 is 23.4 Å². The fourth-order valence-corrected chi connectivity index (χ4v) is 3.36. The second-order valence-electron chi connectivity index (χ2n) is 6.61. The van der Waals surface area contributed by atoms with E-state index in [9.17, 15) is 14.4 Å². The Hall–Kier alpha value is -2.43. The van der Waals surface area contributed by atoms with Crippen molar-refractivity contribution in [2.45, 2.75) is 44.6 Å². The summed E-state index contributed by atoms with van der Waals surface area (Å²) in [5.74, 6) is -0.775. The van der Waals surface area contributed by atoms with Crippen molar-refractivity contribution in [1.29, 1.82) is 0 Å². The van der Waals surface area contributed by atoms with Gasteiger partial charge in [-0.2, -0.15) is 0 Å². The van der Waals surface area contributed by atoms with Crippen LogP contribution in [0.25, 0.3) is 0 Å². The number of hydrogen-bond acceptors (Lipinski definition) is 3. The van der Waals surface area contributed by atoms with Crippen molar-refractivity contribution in [2.75, 3.05) is 4.90 Å². The second-order valence-corrected chi connectivity index (χ2v) is 6.61. The van der Waals surface area contributed by atoms with Crippen LogP contribution in [-0.4, -0.2) is 23.8 Å². The highest BCUT2D eigenvalue weighted by Crippen LogP contribution is 2.43. The van der Waals surface area contributed by atoms with Gasteiger partial charge in [0.15, 0.2) is 0 Å². The molecule has 3 rings (SSSR count). The maximum absolute atomic E-state index is 12.9. The number of carbonyl (C=O) groups is 3. The first-order chi connectivity index (χ1) is 10.9. The highest BCUT2D eigenvalue weighted by molar-refractivity contribution is 6.13. The summed E-state index contributed by atoms with van der Waals surface area (Å²) in [6, 6.07) is 5.27. The summed E-state index contributed by atoms with van der Waals surface area (Å²) in [4.78, 5) is 38.1. The third-order valence-electron chi connectivity index (χ3n) is 4.65. The van der Waals surface area contributed by atoms with Crippen molar-refractivity contribution < 1.29 is 14.4 Å². The first-order valence-electron chi connectivity index (χ1n) is 7.78. The summed E-state index contributed by atoms with van der Waals surface area (Å²) < 4.78 is 0. The number of imide groups is 1. The van der Waals surface area contributed by atoms with Crippen LogP contribution < -0.4 is 10.2 Å². The zero-order valence-electron chi connectivity index (χ0n) is 13.4. The molecule has 2 aliphatic heterocycles. The zero-order valence-corrected chi connectivity index (χ0v) is 13.4. The van der Waals surface area contributed by atoms with Crippen LogP contribution in [0.4, 0.5) is 5.69 Å². The first kappa shape index (κ1) is 15.5. The molecule has 0 aliphatic carbocycles. The van der Waals surface area contributed by atoms with Gasteiger partial charge in [0.25, 0.3) is 0 Å². The van der Waals surface area contributed by atoms with E-state index < -0.39 is 17.4 Å². The molecule has 0 spiro atoms. The molecule has 23 heavy (non-hydrogen) atoms. The minimum absolute atomic E-state index is 0.0993. The number of hydrogen-bond donors (Lipinski definition) is 1. The average Bonchev–Trinajstić information content (AvgIpc) is 2.68. The Morgan fingerprint density at radius 2 is 2.09 bits per heavy atom. The maximum atomic E-state index is 12.9. The largest absolute Gasteiger partial charge is 0.299 e.